The molecule has 6 nitrogen and oxygen atoms in total. The van der Waals surface area contributed by atoms with Crippen LogP contribution in [0, 0.1) is 6.92 Å². The fraction of sp³-hybridized carbons (Fsp3) is 0.154. The zero-order valence-corrected chi connectivity index (χ0v) is 18.0. The van der Waals surface area contributed by atoms with E-state index in [4.69, 9.17) is 9.72 Å². The van der Waals surface area contributed by atoms with Gasteiger partial charge in [0.2, 0.25) is 5.82 Å². The van der Waals surface area contributed by atoms with Gasteiger partial charge >= 0.3 is 0 Å². The highest BCUT2D eigenvalue weighted by molar-refractivity contribution is 5.86. The lowest BCUT2D eigenvalue weighted by atomic mass is 9.98. The van der Waals surface area contributed by atoms with Gasteiger partial charge in [0.25, 0.3) is 0 Å². The third-order valence-electron chi connectivity index (χ3n) is 5.52. The molecule has 0 aliphatic rings. The second kappa shape index (κ2) is 8.59. The molecule has 6 heteroatoms. The number of hydrogen-bond acceptors (Lipinski definition) is 5. The van der Waals surface area contributed by atoms with Crippen LogP contribution in [0.5, 0.6) is 5.75 Å². The van der Waals surface area contributed by atoms with E-state index in [1.165, 1.54) is 5.56 Å². The van der Waals surface area contributed by atoms with Crippen molar-refractivity contribution in [2.75, 3.05) is 0 Å². The van der Waals surface area contributed by atoms with Gasteiger partial charge in [0.15, 0.2) is 0 Å². The third-order valence-corrected chi connectivity index (χ3v) is 5.52. The van der Waals surface area contributed by atoms with Gasteiger partial charge in [-0.25, -0.2) is 0 Å². The monoisotopic (exact) mass is 421 g/mol. The molecule has 0 bridgehead atoms. The first-order valence-electron chi connectivity index (χ1n) is 10.7. The number of benzene rings is 3. The third kappa shape index (κ3) is 3.95. The molecule has 0 unspecified atom stereocenters. The summed E-state index contributed by atoms with van der Waals surface area (Å²) in [7, 11) is 0. The van der Waals surface area contributed by atoms with E-state index >= 15 is 0 Å². The normalized spacial score (nSPS) is 11.1. The van der Waals surface area contributed by atoms with Crippen molar-refractivity contribution in [1.82, 2.24) is 25.6 Å². The van der Waals surface area contributed by atoms with Crippen LogP contribution in [-0.4, -0.2) is 25.6 Å². The Hall–Kier alpha value is -4.06. The molecule has 0 saturated heterocycles. The molecule has 0 fully saturated rings. The lowest BCUT2D eigenvalue weighted by Gasteiger charge is -2.12. The van der Waals surface area contributed by atoms with Crippen LogP contribution in [0.4, 0.5) is 0 Å². The number of ether oxygens (including phenoxy) is 1. The van der Waals surface area contributed by atoms with Gasteiger partial charge in [-0.05, 0) is 52.9 Å². The molecule has 1 N–H and O–H groups in total. The Kier molecular flexibility index (Phi) is 5.34. The number of H-pyrrole nitrogens is 1. The van der Waals surface area contributed by atoms with Gasteiger partial charge in [-0.3, -0.25) is 4.98 Å². The molecule has 2 aromatic heterocycles. The number of aromatic nitrogens is 5. The largest absolute Gasteiger partial charge is 0.488 e. The second-order valence-corrected chi connectivity index (χ2v) is 7.75. The zero-order chi connectivity index (χ0) is 21.9. The highest BCUT2D eigenvalue weighted by Gasteiger charge is 2.11. The molecule has 3 aromatic carbocycles. The molecule has 0 aliphatic heterocycles. The molecule has 0 amide bonds. The summed E-state index contributed by atoms with van der Waals surface area (Å²) in [6.07, 6.45) is 0.870. The van der Waals surface area contributed by atoms with Crippen molar-refractivity contribution < 1.29 is 4.74 Å². The van der Waals surface area contributed by atoms with Crippen LogP contribution < -0.4 is 4.74 Å². The fourth-order valence-electron chi connectivity index (χ4n) is 3.81. The van der Waals surface area contributed by atoms with Gasteiger partial charge < -0.3 is 4.74 Å². The van der Waals surface area contributed by atoms with Crippen LogP contribution in [0.2, 0.25) is 0 Å². The van der Waals surface area contributed by atoms with Crippen LogP contribution in [0.3, 0.4) is 0 Å². The van der Waals surface area contributed by atoms with Crippen LogP contribution >= 0.6 is 0 Å². The minimum Gasteiger partial charge on any atom is -0.488 e. The predicted octanol–water partition coefficient (Wildman–Crippen LogP) is 5.53. The summed E-state index contributed by atoms with van der Waals surface area (Å²) < 4.78 is 6.24. The van der Waals surface area contributed by atoms with Crippen molar-refractivity contribution in [3.05, 3.63) is 89.6 Å². The Balaban J connectivity index is 1.39. The summed E-state index contributed by atoms with van der Waals surface area (Å²) in [6, 6.07) is 24.8. The average molecular weight is 422 g/mol. The van der Waals surface area contributed by atoms with Gasteiger partial charge in [-0.15, -0.1) is 10.2 Å². The quantitative estimate of drug-likeness (QED) is 0.390. The van der Waals surface area contributed by atoms with Crippen molar-refractivity contribution >= 4 is 10.9 Å². The van der Waals surface area contributed by atoms with E-state index in [9.17, 15) is 0 Å². The summed E-state index contributed by atoms with van der Waals surface area (Å²) in [5.74, 6) is 1.46. The van der Waals surface area contributed by atoms with E-state index in [0.29, 0.717) is 12.4 Å². The maximum atomic E-state index is 6.24. The van der Waals surface area contributed by atoms with Gasteiger partial charge in [0.05, 0.1) is 5.52 Å². The second-order valence-electron chi connectivity index (χ2n) is 7.75. The summed E-state index contributed by atoms with van der Waals surface area (Å²) in [5, 5.41) is 15.5. The predicted molar refractivity (Wildman–Crippen MR) is 125 cm³/mol. The molecule has 32 heavy (non-hydrogen) atoms. The average Bonchev–Trinajstić information content (AvgIpc) is 3.37. The molecule has 0 radical (unpaired) electrons. The molecule has 2 heterocycles. The zero-order valence-electron chi connectivity index (χ0n) is 18.0. The van der Waals surface area contributed by atoms with Crippen molar-refractivity contribution in [3.8, 4) is 28.3 Å². The molecule has 0 saturated carbocycles. The maximum Gasteiger partial charge on any atom is 0.205 e. The minimum absolute atomic E-state index is 0.489. The van der Waals surface area contributed by atoms with Crippen LogP contribution in [0.25, 0.3) is 33.4 Å². The summed E-state index contributed by atoms with van der Waals surface area (Å²) >= 11 is 0. The first kappa shape index (κ1) is 19.9. The minimum atomic E-state index is 0.489. The van der Waals surface area contributed by atoms with Crippen molar-refractivity contribution in [3.63, 3.8) is 0 Å². The molecule has 0 atom stereocenters. The van der Waals surface area contributed by atoms with Crippen molar-refractivity contribution in [2.24, 2.45) is 0 Å². The van der Waals surface area contributed by atoms with Crippen LogP contribution in [0.15, 0.2) is 72.8 Å². The standard InChI is InChI=1S/C26H23N5O/c1-3-20-15-25(23-13-8-17(2)14-24(23)27-20)32-16-18-9-11-19(12-10-18)21-6-4-5-7-22(21)26-28-30-31-29-26/h4-15H,3,16H2,1-2H3,(H,28,29,30,31). The Labute approximate surface area is 186 Å². The van der Waals surface area contributed by atoms with Gasteiger partial charge in [-0.2, -0.15) is 5.21 Å². The van der Waals surface area contributed by atoms with Gasteiger partial charge in [0.1, 0.15) is 12.4 Å². The topological polar surface area (TPSA) is 76.6 Å². The molecule has 5 aromatic rings. The molecule has 0 aliphatic carbocycles. The highest BCUT2D eigenvalue weighted by atomic mass is 16.5. The number of tetrazole rings is 1. The SMILES string of the molecule is CCc1cc(OCc2ccc(-c3ccccc3-c3nn[nH]n3)cc2)c2ccc(C)cc2n1. The van der Waals surface area contributed by atoms with Gasteiger partial charge in [-0.1, -0.05) is 61.5 Å². The lowest BCUT2D eigenvalue weighted by molar-refractivity contribution is 0.309. The van der Waals surface area contributed by atoms with Crippen LogP contribution in [-0.2, 0) is 13.0 Å². The fourth-order valence-corrected chi connectivity index (χ4v) is 3.81. The Morgan fingerprint density at radius 2 is 1.72 bits per heavy atom. The van der Waals surface area contributed by atoms with E-state index < -0.39 is 0 Å². The van der Waals surface area contributed by atoms with E-state index in [2.05, 4.69) is 83.0 Å². The number of nitrogens with zero attached hydrogens (tertiary/aromatic N) is 4. The first-order chi connectivity index (χ1) is 15.7. The molecule has 158 valence electrons. The van der Waals surface area contributed by atoms with Gasteiger partial charge in [0, 0.05) is 22.7 Å². The van der Waals surface area contributed by atoms with Crippen molar-refractivity contribution in [2.45, 2.75) is 26.9 Å². The Bertz CT molecular complexity index is 1360. The number of aryl methyl sites for hydroxylation is 2. The highest BCUT2D eigenvalue weighted by Crippen LogP contribution is 2.31. The molecular formula is C26H23N5O. The number of hydrogen-bond donors (Lipinski definition) is 1. The Morgan fingerprint density at radius 1 is 0.906 bits per heavy atom. The van der Waals surface area contributed by atoms with E-state index in [1.54, 1.807) is 0 Å². The molecule has 0 spiro atoms. The number of aromatic amines is 1. The summed E-state index contributed by atoms with van der Waals surface area (Å²) in [5.41, 5.74) is 7.40. The summed E-state index contributed by atoms with van der Waals surface area (Å²) in [6.45, 7) is 4.68. The molecule has 5 rings (SSSR count). The van der Waals surface area contributed by atoms with E-state index in [-0.39, 0.29) is 0 Å². The van der Waals surface area contributed by atoms with E-state index in [1.807, 2.05) is 24.3 Å². The number of pyridine rings is 1. The Morgan fingerprint density at radius 3 is 2.47 bits per heavy atom. The number of rotatable bonds is 6. The van der Waals surface area contributed by atoms with Crippen molar-refractivity contribution in [1.29, 1.82) is 0 Å². The smallest absolute Gasteiger partial charge is 0.205 e. The first-order valence-corrected chi connectivity index (χ1v) is 10.7. The molecular weight excluding hydrogens is 398 g/mol. The maximum absolute atomic E-state index is 6.24. The van der Waals surface area contributed by atoms with E-state index in [0.717, 1.165) is 51.0 Å². The number of nitrogens with one attached hydrogen (secondary N) is 1. The lowest BCUT2D eigenvalue weighted by Crippen LogP contribution is -1.99. The number of fused-ring (bicyclic) bond motifs is 1. The van der Waals surface area contributed by atoms with Crippen LogP contribution in [0.1, 0.15) is 23.7 Å². The summed E-state index contributed by atoms with van der Waals surface area (Å²) in [4.78, 5) is 4.75.